The van der Waals surface area contributed by atoms with Crippen LogP contribution in [0, 0.1) is 0 Å². The molecule has 3 nitrogen and oxygen atoms in total. The fraction of sp³-hybridized carbons (Fsp3) is 0.714. The molecule has 0 amide bonds. The standard InChI is InChI=1S/C7H11NO2S/c1-3-6-8-5(4-11-6)7(9)10-2/h6H,3-4H2,1-2H3. The van der Waals surface area contributed by atoms with E-state index in [1.807, 2.05) is 0 Å². The number of ether oxygens (including phenoxy) is 1. The zero-order valence-electron chi connectivity index (χ0n) is 6.66. The van der Waals surface area contributed by atoms with Crippen molar-refractivity contribution in [1.29, 1.82) is 0 Å². The van der Waals surface area contributed by atoms with Crippen molar-refractivity contribution in [2.75, 3.05) is 12.9 Å². The van der Waals surface area contributed by atoms with Crippen LogP contribution in [0.15, 0.2) is 4.99 Å². The first kappa shape index (κ1) is 8.59. The molecule has 0 aromatic rings. The van der Waals surface area contributed by atoms with Crippen LogP contribution < -0.4 is 0 Å². The molecule has 1 unspecified atom stereocenters. The minimum atomic E-state index is -0.284. The summed E-state index contributed by atoms with van der Waals surface area (Å²) in [5.74, 6) is 0.416. The second-order valence-corrected chi connectivity index (χ2v) is 3.41. The molecule has 0 radical (unpaired) electrons. The Morgan fingerprint density at radius 2 is 2.64 bits per heavy atom. The smallest absolute Gasteiger partial charge is 0.352 e. The van der Waals surface area contributed by atoms with Crippen molar-refractivity contribution in [3.05, 3.63) is 0 Å². The Kier molecular flexibility index (Phi) is 2.93. The first-order chi connectivity index (χ1) is 5.27. The predicted molar refractivity (Wildman–Crippen MR) is 46.0 cm³/mol. The van der Waals surface area contributed by atoms with Gasteiger partial charge in [0.25, 0.3) is 0 Å². The summed E-state index contributed by atoms with van der Waals surface area (Å²) in [7, 11) is 1.38. The average molecular weight is 173 g/mol. The van der Waals surface area contributed by atoms with Gasteiger partial charge in [0, 0.05) is 5.75 Å². The summed E-state index contributed by atoms with van der Waals surface area (Å²) in [5, 5.41) is 0.268. The van der Waals surface area contributed by atoms with Gasteiger partial charge in [-0.05, 0) is 6.42 Å². The Balaban J connectivity index is 2.54. The van der Waals surface area contributed by atoms with Crippen LogP contribution in [0.3, 0.4) is 0 Å². The summed E-state index contributed by atoms with van der Waals surface area (Å²) in [6.07, 6.45) is 0.977. The van der Waals surface area contributed by atoms with Crippen LogP contribution in [0.25, 0.3) is 0 Å². The number of thioether (sulfide) groups is 1. The number of hydrogen-bond donors (Lipinski definition) is 0. The van der Waals surface area contributed by atoms with E-state index in [4.69, 9.17) is 0 Å². The molecule has 0 aromatic carbocycles. The third-order valence-corrected chi connectivity index (χ3v) is 2.75. The largest absolute Gasteiger partial charge is 0.465 e. The molecule has 0 spiro atoms. The van der Waals surface area contributed by atoms with E-state index < -0.39 is 0 Å². The zero-order chi connectivity index (χ0) is 8.27. The highest BCUT2D eigenvalue weighted by Crippen LogP contribution is 2.22. The molecule has 0 N–H and O–H groups in total. The molecule has 4 heteroatoms. The summed E-state index contributed by atoms with van der Waals surface area (Å²) >= 11 is 1.69. The highest BCUT2D eigenvalue weighted by atomic mass is 32.2. The molecule has 0 bridgehead atoms. The Morgan fingerprint density at radius 3 is 3.09 bits per heavy atom. The van der Waals surface area contributed by atoms with Crippen LogP contribution in [0.1, 0.15) is 13.3 Å². The molecule has 0 saturated carbocycles. The molecule has 0 fully saturated rings. The lowest BCUT2D eigenvalue weighted by atomic mass is 10.4. The summed E-state index contributed by atoms with van der Waals surface area (Å²) < 4.78 is 4.54. The Morgan fingerprint density at radius 1 is 1.91 bits per heavy atom. The number of hydrogen-bond acceptors (Lipinski definition) is 4. The number of aliphatic imine (C=N–C) groups is 1. The van der Waals surface area contributed by atoms with Crippen molar-refractivity contribution < 1.29 is 9.53 Å². The lowest BCUT2D eigenvalue weighted by molar-refractivity contribution is -0.132. The lowest BCUT2D eigenvalue weighted by Crippen LogP contribution is -2.15. The fourth-order valence-corrected chi connectivity index (χ4v) is 1.84. The molecule has 1 aliphatic heterocycles. The highest BCUT2D eigenvalue weighted by molar-refractivity contribution is 8.01. The van der Waals surface area contributed by atoms with Crippen LogP contribution >= 0.6 is 11.8 Å². The predicted octanol–water partition coefficient (Wildman–Crippen LogP) is 1.08. The van der Waals surface area contributed by atoms with Gasteiger partial charge in [-0.2, -0.15) is 0 Å². The Hall–Kier alpha value is -0.510. The van der Waals surface area contributed by atoms with E-state index in [0.717, 1.165) is 6.42 Å². The quantitative estimate of drug-likeness (QED) is 0.586. The van der Waals surface area contributed by atoms with Crippen molar-refractivity contribution >= 4 is 23.4 Å². The molecule has 0 aromatic heterocycles. The Bertz CT molecular complexity index is 191. The third-order valence-electron chi connectivity index (χ3n) is 1.48. The van der Waals surface area contributed by atoms with Crippen molar-refractivity contribution in [1.82, 2.24) is 0 Å². The highest BCUT2D eigenvalue weighted by Gasteiger charge is 2.21. The van der Waals surface area contributed by atoms with Gasteiger partial charge in [-0.15, -0.1) is 11.8 Å². The molecule has 1 atom stereocenters. The van der Waals surface area contributed by atoms with Crippen LogP contribution in [0.2, 0.25) is 0 Å². The van der Waals surface area contributed by atoms with Crippen molar-refractivity contribution in [2.24, 2.45) is 4.99 Å². The average Bonchev–Trinajstić information content (AvgIpc) is 2.50. The fourth-order valence-electron chi connectivity index (χ4n) is 0.862. The molecule has 1 rings (SSSR count). The number of esters is 1. The molecule has 1 aliphatic rings. The molecular formula is C7H11NO2S. The first-order valence-corrected chi connectivity index (χ1v) is 4.59. The van der Waals surface area contributed by atoms with Gasteiger partial charge in [-0.3, -0.25) is 4.99 Å². The summed E-state index contributed by atoms with van der Waals surface area (Å²) in [6.45, 7) is 2.06. The SMILES string of the molecule is CCC1N=C(C(=O)OC)CS1. The maximum Gasteiger partial charge on any atom is 0.352 e. The van der Waals surface area contributed by atoms with E-state index in [-0.39, 0.29) is 11.3 Å². The minimum Gasteiger partial charge on any atom is -0.465 e. The third kappa shape index (κ3) is 1.96. The Labute approximate surface area is 70.2 Å². The van der Waals surface area contributed by atoms with Crippen LogP contribution in [0.4, 0.5) is 0 Å². The van der Waals surface area contributed by atoms with E-state index >= 15 is 0 Å². The summed E-state index contributed by atoms with van der Waals surface area (Å²) in [6, 6.07) is 0. The van der Waals surface area contributed by atoms with Crippen molar-refractivity contribution in [2.45, 2.75) is 18.7 Å². The van der Waals surface area contributed by atoms with Crippen LogP contribution in [-0.2, 0) is 9.53 Å². The zero-order valence-corrected chi connectivity index (χ0v) is 7.48. The number of carbonyl (C=O) groups is 1. The second kappa shape index (κ2) is 3.76. The molecule has 0 aliphatic carbocycles. The normalized spacial score (nSPS) is 23.1. The second-order valence-electron chi connectivity index (χ2n) is 2.24. The molecule has 62 valence electrons. The van der Waals surface area contributed by atoms with E-state index in [0.29, 0.717) is 11.5 Å². The van der Waals surface area contributed by atoms with E-state index in [1.54, 1.807) is 11.8 Å². The number of rotatable bonds is 2. The first-order valence-electron chi connectivity index (χ1n) is 3.54. The number of carbonyl (C=O) groups excluding carboxylic acids is 1. The van der Waals surface area contributed by atoms with Crippen molar-refractivity contribution in [3.63, 3.8) is 0 Å². The molecule has 1 heterocycles. The number of methoxy groups -OCH3 is 1. The van der Waals surface area contributed by atoms with Gasteiger partial charge in [-0.25, -0.2) is 4.79 Å². The summed E-state index contributed by atoms with van der Waals surface area (Å²) in [4.78, 5) is 15.1. The topological polar surface area (TPSA) is 38.7 Å². The monoisotopic (exact) mass is 173 g/mol. The van der Waals surface area contributed by atoms with E-state index in [1.165, 1.54) is 7.11 Å². The van der Waals surface area contributed by atoms with Gasteiger partial charge in [0.1, 0.15) is 5.71 Å². The van der Waals surface area contributed by atoms with E-state index in [2.05, 4.69) is 16.7 Å². The van der Waals surface area contributed by atoms with Gasteiger partial charge in [0.15, 0.2) is 0 Å². The van der Waals surface area contributed by atoms with E-state index in [9.17, 15) is 4.79 Å². The summed E-state index contributed by atoms with van der Waals surface area (Å²) in [5.41, 5.74) is 0.573. The van der Waals surface area contributed by atoms with Crippen molar-refractivity contribution in [3.8, 4) is 0 Å². The molecule has 11 heavy (non-hydrogen) atoms. The van der Waals surface area contributed by atoms with Gasteiger partial charge in [-0.1, -0.05) is 6.92 Å². The van der Waals surface area contributed by atoms with Crippen LogP contribution in [-0.4, -0.2) is 29.9 Å². The van der Waals surface area contributed by atoms with Gasteiger partial charge in [0.05, 0.1) is 12.5 Å². The molecular weight excluding hydrogens is 162 g/mol. The van der Waals surface area contributed by atoms with Gasteiger partial charge >= 0.3 is 5.97 Å². The molecule has 0 saturated heterocycles. The van der Waals surface area contributed by atoms with Gasteiger partial charge in [0.2, 0.25) is 0 Å². The van der Waals surface area contributed by atoms with Crippen LogP contribution in [0.5, 0.6) is 0 Å². The van der Waals surface area contributed by atoms with Gasteiger partial charge < -0.3 is 4.74 Å². The minimum absolute atomic E-state index is 0.268. The number of nitrogens with zero attached hydrogens (tertiary/aromatic N) is 1. The maximum atomic E-state index is 10.9. The maximum absolute atomic E-state index is 10.9. The lowest BCUT2D eigenvalue weighted by Gasteiger charge is -1.96.